The fourth-order valence-electron chi connectivity index (χ4n) is 1.69. The lowest BCUT2D eigenvalue weighted by atomic mass is 9.88. The van der Waals surface area contributed by atoms with E-state index in [4.69, 9.17) is 5.26 Å². The third kappa shape index (κ3) is 4.97. The molecule has 21 heavy (non-hydrogen) atoms. The summed E-state index contributed by atoms with van der Waals surface area (Å²) in [7, 11) is -4.55. The molecule has 0 aliphatic rings. The van der Waals surface area contributed by atoms with Crippen molar-refractivity contribution in [3.8, 4) is 6.07 Å². The first-order valence-electron chi connectivity index (χ1n) is 6.42. The van der Waals surface area contributed by atoms with Gasteiger partial charge < -0.3 is 5.32 Å². The minimum atomic E-state index is -4.55. The van der Waals surface area contributed by atoms with Gasteiger partial charge in [0.15, 0.2) is 0 Å². The van der Waals surface area contributed by atoms with Crippen molar-refractivity contribution >= 4 is 15.5 Å². The summed E-state index contributed by atoms with van der Waals surface area (Å²) >= 11 is 0. The van der Waals surface area contributed by atoms with E-state index in [2.05, 4.69) is 11.4 Å². The number of halogens is 2. The van der Waals surface area contributed by atoms with Gasteiger partial charge in [-0.2, -0.15) is 14.0 Å². The highest BCUT2D eigenvalue weighted by Crippen LogP contribution is 2.24. The van der Waals surface area contributed by atoms with Gasteiger partial charge in [-0.05, 0) is 36.1 Å². The Bertz CT molecular complexity index is 605. The van der Waals surface area contributed by atoms with E-state index in [0.717, 1.165) is 18.6 Å². The molecule has 4 nitrogen and oxygen atoms in total. The van der Waals surface area contributed by atoms with Crippen LogP contribution < -0.4 is 5.32 Å². The molecule has 1 N–H and O–H groups in total. The highest BCUT2D eigenvalue weighted by atomic mass is 32.2. The summed E-state index contributed by atoms with van der Waals surface area (Å²) in [5.41, 5.74) is 0.553. The van der Waals surface area contributed by atoms with Gasteiger partial charge in [0.05, 0.1) is 11.0 Å². The smallest absolute Gasteiger partial charge is 0.341 e. The van der Waals surface area contributed by atoms with E-state index in [1.165, 1.54) is 12.1 Å². The zero-order valence-corrected chi connectivity index (χ0v) is 12.8. The van der Waals surface area contributed by atoms with Crippen molar-refractivity contribution < 1.29 is 17.2 Å². The van der Waals surface area contributed by atoms with E-state index < -0.39 is 20.5 Å². The molecule has 0 saturated carbocycles. The van der Waals surface area contributed by atoms with Crippen molar-refractivity contribution in [3.63, 3.8) is 0 Å². The number of nitrogens with one attached hydrogen (secondary N) is 1. The molecule has 0 aliphatic carbocycles. The molecule has 0 saturated heterocycles. The molecular formula is C14H18F2N2O2S. The van der Waals surface area contributed by atoms with Gasteiger partial charge >= 0.3 is 5.76 Å². The zero-order chi connectivity index (χ0) is 16.1. The normalized spacial score (nSPS) is 12.2. The third-order valence-corrected chi connectivity index (χ3v) is 4.50. The zero-order valence-electron chi connectivity index (χ0n) is 11.9. The molecule has 0 amide bonds. The average Bonchev–Trinajstić information content (AvgIpc) is 2.43. The van der Waals surface area contributed by atoms with Gasteiger partial charge in [-0.3, -0.25) is 0 Å². The van der Waals surface area contributed by atoms with E-state index >= 15 is 0 Å². The third-order valence-electron chi connectivity index (χ3n) is 3.10. The van der Waals surface area contributed by atoms with Crippen LogP contribution in [0.15, 0.2) is 29.2 Å². The Kier molecular flexibility index (Phi) is 5.67. The number of rotatable bonds is 7. The molecule has 116 valence electrons. The van der Waals surface area contributed by atoms with Crippen LogP contribution in [0.4, 0.5) is 14.5 Å². The lowest BCUT2D eigenvalue weighted by Gasteiger charge is -2.24. The largest absolute Gasteiger partial charge is 0.385 e. The molecule has 0 fully saturated rings. The van der Waals surface area contributed by atoms with E-state index in [9.17, 15) is 17.2 Å². The summed E-state index contributed by atoms with van der Waals surface area (Å²) < 4.78 is 47.3. The van der Waals surface area contributed by atoms with Crippen LogP contribution in [0.2, 0.25) is 0 Å². The second-order valence-corrected chi connectivity index (χ2v) is 7.42. The maximum Gasteiger partial charge on any atom is 0.341 e. The van der Waals surface area contributed by atoms with Crippen molar-refractivity contribution in [3.05, 3.63) is 24.3 Å². The van der Waals surface area contributed by atoms with Crippen LogP contribution in [-0.4, -0.2) is 20.7 Å². The van der Waals surface area contributed by atoms with Crippen LogP contribution in [0, 0.1) is 16.7 Å². The lowest BCUT2D eigenvalue weighted by molar-refractivity contribution is 0.234. The summed E-state index contributed by atoms with van der Waals surface area (Å²) in [6, 6.07) is 7.32. The fourth-order valence-corrected chi connectivity index (χ4v) is 2.41. The van der Waals surface area contributed by atoms with Gasteiger partial charge in [-0.25, -0.2) is 8.42 Å². The Labute approximate surface area is 123 Å². The molecule has 0 aliphatic heterocycles. The maximum atomic E-state index is 12.4. The lowest BCUT2D eigenvalue weighted by Crippen LogP contribution is -2.22. The first kappa shape index (κ1) is 17.4. The Hall–Kier alpha value is -1.68. The maximum absolute atomic E-state index is 12.4. The minimum absolute atomic E-state index is 0.0938. The molecule has 0 unspecified atom stereocenters. The Morgan fingerprint density at radius 3 is 2.33 bits per heavy atom. The highest BCUT2D eigenvalue weighted by molar-refractivity contribution is 7.91. The molecule has 0 spiro atoms. The van der Waals surface area contributed by atoms with E-state index in [0.29, 0.717) is 18.7 Å². The van der Waals surface area contributed by atoms with Crippen LogP contribution in [-0.2, 0) is 9.84 Å². The highest BCUT2D eigenvalue weighted by Gasteiger charge is 2.26. The summed E-state index contributed by atoms with van der Waals surface area (Å²) in [5.74, 6) is -3.42. The number of alkyl halides is 2. The van der Waals surface area contributed by atoms with Crippen molar-refractivity contribution in [1.29, 1.82) is 5.26 Å². The first-order valence-corrected chi connectivity index (χ1v) is 7.97. The number of hydrogen-bond donors (Lipinski definition) is 1. The molecule has 0 bridgehead atoms. The number of nitrogens with zero attached hydrogens (tertiary/aromatic N) is 1. The van der Waals surface area contributed by atoms with Crippen molar-refractivity contribution in [1.82, 2.24) is 0 Å². The molecule has 1 rings (SSSR count). The van der Waals surface area contributed by atoms with Crippen LogP contribution in [0.25, 0.3) is 0 Å². The molecule has 0 radical (unpaired) electrons. The number of benzene rings is 1. The predicted octanol–water partition coefficient (Wildman–Crippen LogP) is 3.42. The van der Waals surface area contributed by atoms with Crippen molar-refractivity contribution in [2.75, 3.05) is 11.9 Å². The summed E-state index contributed by atoms with van der Waals surface area (Å²) in [6.45, 7) is 4.61. The molecule has 0 heterocycles. The first-order chi connectivity index (χ1) is 9.69. The number of anilines is 1. The summed E-state index contributed by atoms with van der Waals surface area (Å²) in [4.78, 5) is -0.396. The standard InChI is InChI=1S/C14H18F2N2O2S/c1-14(2,8-3-9-17)10-18-11-4-6-12(7-5-11)21(19,20)13(15)16/h4-7,13,18H,3,8,10H2,1-2H3. The van der Waals surface area contributed by atoms with Gasteiger partial charge in [0.1, 0.15) is 0 Å². The Morgan fingerprint density at radius 2 is 1.86 bits per heavy atom. The second-order valence-electron chi connectivity index (χ2n) is 5.51. The SMILES string of the molecule is CC(C)(CCC#N)CNc1ccc(S(=O)(=O)C(F)F)cc1. The van der Waals surface area contributed by atoms with E-state index in [1.54, 1.807) is 0 Å². The van der Waals surface area contributed by atoms with Gasteiger partial charge in [0, 0.05) is 18.7 Å². The van der Waals surface area contributed by atoms with Gasteiger partial charge in [-0.15, -0.1) is 0 Å². The Morgan fingerprint density at radius 1 is 1.29 bits per heavy atom. The van der Waals surface area contributed by atoms with E-state index in [1.807, 2.05) is 13.8 Å². The van der Waals surface area contributed by atoms with Crippen molar-refractivity contribution in [2.45, 2.75) is 37.3 Å². The molecule has 1 aromatic rings. The predicted molar refractivity (Wildman–Crippen MR) is 76.7 cm³/mol. The average molecular weight is 316 g/mol. The number of nitriles is 1. The summed E-state index contributed by atoms with van der Waals surface area (Å²) in [5, 5.41) is 11.7. The number of sulfone groups is 1. The van der Waals surface area contributed by atoms with Gasteiger partial charge in [-0.1, -0.05) is 13.8 Å². The van der Waals surface area contributed by atoms with Crippen LogP contribution in [0.3, 0.4) is 0 Å². The number of hydrogen-bond acceptors (Lipinski definition) is 4. The molecular weight excluding hydrogens is 298 g/mol. The molecule has 0 aromatic heterocycles. The van der Waals surface area contributed by atoms with Gasteiger partial charge in [0.25, 0.3) is 0 Å². The Balaban J connectivity index is 2.70. The second kappa shape index (κ2) is 6.85. The van der Waals surface area contributed by atoms with Crippen LogP contribution in [0.5, 0.6) is 0 Å². The van der Waals surface area contributed by atoms with Crippen molar-refractivity contribution in [2.24, 2.45) is 5.41 Å². The summed E-state index contributed by atoms with van der Waals surface area (Å²) in [6.07, 6.45) is 1.19. The van der Waals surface area contributed by atoms with Gasteiger partial charge in [0.2, 0.25) is 9.84 Å². The minimum Gasteiger partial charge on any atom is -0.385 e. The van der Waals surface area contributed by atoms with E-state index in [-0.39, 0.29) is 5.41 Å². The molecule has 1 aromatic carbocycles. The molecule has 7 heteroatoms. The fraction of sp³-hybridized carbons (Fsp3) is 0.500. The van der Waals surface area contributed by atoms with Crippen LogP contribution >= 0.6 is 0 Å². The van der Waals surface area contributed by atoms with Crippen LogP contribution in [0.1, 0.15) is 26.7 Å². The quantitative estimate of drug-likeness (QED) is 0.836. The molecule has 0 atom stereocenters. The topological polar surface area (TPSA) is 70.0 Å². The monoisotopic (exact) mass is 316 g/mol.